The van der Waals surface area contributed by atoms with Gasteiger partial charge in [0.25, 0.3) is 17.7 Å². The molecule has 5 aromatic carbocycles. The number of pyridine rings is 3. The molecule has 10 aromatic rings. The number of carbonyl (C=O) groups excluding carboxylic acids is 3. The van der Waals surface area contributed by atoms with Gasteiger partial charge in [0.15, 0.2) is 0 Å². The number of likely N-dealkylation sites (N-methyl/N-ethyl adjacent to an activating group) is 1. The molecule has 13 nitrogen and oxygen atoms in total. The van der Waals surface area contributed by atoms with E-state index in [9.17, 15) is 14.4 Å². The summed E-state index contributed by atoms with van der Waals surface area (Å²) in [5, 5.41) is 8.37. The summed E-state index contributed by atoms with van der Waals surface area (Å²) in [5.74, 6) is 4.09. The van der Waals surface area contributed by atoms with Gasteiger partial charge >= 0.3 is 0 Å². The highest BCUT2D eigenvalue weighted by atomic mass is 35.5. The number of hydrogen-bond donors (Lipinski definition) is 5. The van der Waals surface area contributed by atoms with Crippen molar-refractivity contribution >= 4 is 79.7 Å². The van der Waals surface area contributed by atoms with E-state index in [1.165, 1.54) is 0 Å². The Morgan fingerprint density at radius 3 is 1.70 bits per heavy atom. The smallest absolute Gasteiger partial charge is 0.253 e. The average Bonchev–Trinajstić information content (AvgIpc) is 4.21. The van der Waals surface area contributed by atoms with Gasteiger partial charge in [-0.25, -0.2) is 19.9 Å². The Labute approximate surface area is 470 Å². The van der Waals surface area contributed by atoms with Gasteiger partial charge in [-0.2, -0.15) is 0 Å². The quantitative estimate of drug-likeness (QED) is 0.0995. The molecule has 392 valence electrons. The van der Waals surface area contributed by atoms with Crippen molar-refractivity contribution in [1.82, 2.24) is 35.5 Å². The number of benzene rings is 5. The molecule has 79 heavy (non-hydrogen) atoms. The largest absolute Gasteiger partial charge is 0.383 e. The minimum absolute atomic E-state index is 0. The molecular weight excluding hydrogens is 1040 g/mol. The van der Waals surface area contributed by atoms with Crippen molar-refractivity contribution in [3.63, 3.8) is 0 Å². The molecule has 8 heterocycles. The Bertz CT molecular complexity index is 4070. The van der Waals surface area contributed by atoms with Gasteiger partial charge in [-0.1, -0.05) is 85.6 Å². The lowest BCUT2D eigenvalue weighted by molar-refractivity contribution is 0.0780. The first-order valence-electron chi connectivity index (χ1n) is 25.0. The standard InChI is InChI=1S/C22H18N4OS.C22H17N3O.C18H14ClN3OS.CH4/c1-26-8-7-14-9-13(5-6-17(14)22(26)27)18-10-15(11-24-21(18)23)16-3-2-4-19-20(16)28-12-25-19;1-2-14-4-3-5-15(10-14)18-12-20(21(23)25-13-18)16-6-7-19-17(11-16)8-9-24-22(19)26;19-15-4-6-24-16(15)12-8-14(17(20)22-9-12)10-1-2-13-11(7-10)3-5-21-18(13)23;/h2-6,9-12H,7-8H2,1H3,(H2,23,24);1,3-7,10-13H,8-9H2,(H2,23,25)(H,24,26);1-2,4,6-9H,3,5H2,(H2,20,22)(H,21,23);1H4. The summed E-state index contributed by atoms with van der Waals surface area (Å²) in [6, 6.07) is 39.4. The number of anilines is 3. The third kappa shape index (κ3) is 10.9. The first-order chi connectivity index (χ1) is 37.9. The normalized spacial score (nSPS) is 13.2. The second kappa shape index (κ2) is 22.8. The SMILES string of the molecule is C.C#Cc1cccc(-c2cnc(N)c(-c3ccc4c(c3)CCNC4=O)c2)c1.CN1CCc2cc(-c3cc(-c4cccc5ncsc45)cnc3N)ccc2C1=O.Nc1ncc(-c2sccc2Cl)cc1-c1ccc2c(c1)CCNC2=O. The Balaban J connectivity index is 0.000000133. The lowest BCUT2D eigenvalue weighted by Gasteiger charge is -2.25. The predicted molar refractivity (Wildman–Crippen MR) is 322 cm³/mol. The molecule has 3 aliphatic heterocycles. The average molecular weight is 1100 g/mol. The van der Waals surface area contributed by atoms with Crippen LogP contribution in [0.25, 0.3) is 76.3 Å². The molecule has 8 N–H and O–H groups in total. The number of nitrogens with two attached hydrogens (primary N) is 3. The second-order valence-corrected chi connectivity index (χ2v) is 21.1. The van der Waals surface area contributed by atoms with Crippen LogP contribution in [0.3, 0.4) is 0 Å². The summed E-state index contributed by atoms with van der Waals surface area (Å²) in [5.41, 5.74) is 38.0. The van der Waals surface area contributed by atoms with Crippen LogP contribution < -0.4 is 27.8 Å². The Hall–Kier alpha value is -9.20. The highest BCUT2D eigenvalue weighted by Gasteiger charge is 2.24. The summed E-state index contributed by atoms with van der Waals surface area (Å²) in [6.45, 7) is 2.05. The van der Waals surface area contributed by atoms with E-state index in [-0.39, 0.29) is 25.1 Å². The lowest BCUT2D eigenvalue weighted by atomic mass is 9.93. The van der Waals surface area contributed by atoms with Gasteiger partial charge in [-0.05, 0) is 124 Å². The Kier molecular flexibility index (Phi) is 15.4. The summed E-state index contributed by atoms with van der Waals surface area (Å²) in [6.07, 6.45) is 13.3. The van der Waals surface area contributed by atoms with Crippen LogP contribution in [-0.4, -0.2) is 69.2 Å². The van der Waals surface area contributed by atoms with Crippen LogP contribution in [0.1, 0.15) is 60.8 Å². The molecule has 5 aromatic heterocycles. The molecule has 0 radical (unpaired) electrons. The van der Waals surface area contributed by atoms with E-state index in [1.54, 1.807) is 40.0 Å². The predicted octanol–water partition coefficient (Wildman–Crippen LogP) is 12.1. The van der Waals surface area contributed by atoms with Crippen LogP contribution >= 0.6 is 34.3 Å². The van der Waals surface area contributed by atoms with Gasteiger partial charge in [0.2, 0.25) is 0 Å². The molecule has 3 aliphatic rings. The third-order valence-corrected chi connectivity index (χ3v) is 16.3. The van der Waals surface area contributed by atoms with Gasteiger partial charge in [0, 0.05) is 106 Å². The zero-order chi connectivity index (χ0) is 54.0. The maximum Gasteiger partial charge on any atom is 0.253 e. The van der Waals surface area contributed by atoms with E-state index in [0.717, 1.165) is 141 Å². The monoisotopic (exact) mass is 1100 g/mol. The molecular formula is C63H53ClN10O3S2. The summed E-state index contributed by atoms with van der Waals surface area (Å²) in [4.78, 5) is 56.4. The molecule has 0 unspecified atom stereocenters. The van der Waals surface area contributed by atoms with Gasteiger partial charge in [0.1, 0.15) is 17.5 Å². The molecule has 0 bridgehead atoms. The maximum atomic E-state index is 12.4. The highest BCUT2D eigenvalue weighted by molar-refractivity contribution is 7.17. The molecule has 0 fully saturated rings. The molecule has 3 amide bonds. The third-order valence-electron chi connectivity index (χ3n) is 14.1. The molecule has 16 heteroatoms. The van der Waals surface area contributed by atoms with E-state index in [4.69, 9.17) is 35.2 Å². The number of thiophene rings is 1. The molecule has 0 saturated heterocycles. The number of amides is 3. The number of nitrogens with zero attached hydrogens (tertiary/aromatic N) is 5. The Morgan fingerprint density at radius 1 is 0.557 bits per heavy atom. The van der Waals surface area contributed by atoms with Crippen LogP contribution in [0.15, 0.2) is 151 Å². The first kappa shape index (κ1) is 53.2. The summed E-state index contributed by atoms with van der Waals surface area (Å²) in [7, 11) is 1.84. The number of carbonyl (C=O) groups is 3. The van der Waals surface area contributed by atoms with Crippen LogP contribution in [0.5, 0.6) is 0 Å². The van der Waals surface area contributed by atoms with Crippen molar-refractivity contribution in [1.29, 1.82) is 0 Å². The van der Waals surface area contributed by atoms with E-state index >= 15 is 0 Å². The number of fused-ring (bicyclic) bond motifs is 4. The molecule has 0 spiro atoms. The number of terminal acetylenes is 1. The number of hydrogen-bond acceptors (Lipinski definition) is 12. The van der Waals surface area contributed by atoms with Gasteiger partial charge in [0.05, 0.1) is 25.6 Å². The van der Waals surface area contributed by atoms with Crippen molar-refractivity contribution in [2.45, 2.75) is 26.7 Å². The van der Waals surface area contributed by atoms with Crippen molar-refractivity contribution in [2.75, 3.05) is 43.9 Å². The fourth-order valence-corrected chi connectivity index (χ4v) is 11.9. The van der Waals surface area contributed by atoms with E-state index < -0.39 is 0 Å². The van der Waals surface area contributed by atoms with Crippen molar-refractivity contribution in [3.05, 3.63) is 195 Å². The van der Waals surface area contributed by atoms with E-state index in [2.05, 4.69) is 54.7 Å². The maximum absolute atomic E-state index is 12.4. The summed E-state index contributed by atoms with van der Waals surface area (Å²) < 4.78 is 1.14. The van der Waals surface area contributed by atoms with Crippen molar-refractivity contribution in [3.8, 4) is 78.4 Å². The number of nitrogen functional groups attached to an aromatic ring is 3. The van der Waals surface area contributed by atoms with Gasteiger partial charge in [-0.15, -0.1) is 29.1 Å². The fourth-order valence-electron chi connectivity index (χ4n) is 9.91. The highest BCUT2D eigenvalue weighted by Crippen LogP contribution is 2.39. The van der Waals surface area contributed by atoms with Gasteiger partial charge in [-0.3, -0.25) is 14.4 Å². The van der Waals surface area contributed by atoms with Crippen LogP contribution in [0.4, 0.5) is 17.5 Å². The second-order valence-electron chi connectivity index (χ2n) is 18.9. The first-order valence-corrected chi connectivity index (χ1v) is 27.2. The topological polar surface area (TPSA) is 208 Å². The van der Waals surface area contributed by atoms with Crippen LogP contribution in [-0.2, 0) is 19.3 Å². The Morgan fingerprint density at radius 2 is 1.10 bits per heavy atom. The van der Waals surface area contributed by atoms with E-state index in [0.29, 0.717) is 35.6 Å². The van der Waals surface area contributed by atoms with Crippen molar-refractivity contribution in [2.24, 2.45) is 0 Å². The fraction of sp³-hybridized carbons (Fsp3) is 0.127. The molecule has 0 atom stereocenters. The zero-order valence-corrected chi connectivity index (χ0v) is 44.5. The number of halogens is 1. The lowest BCUT2D eigenvalue weighted by Crippen LogP contribution is -2.34. The van der Waals surface area contributed by atoms with Crippen LogP contribution in [0.2, 0.25) is 5.02 Å². The molecule has 0 saturated carbocycles. The minimum Gasteiger partial charge on any atom is -0.383 e. The summed E-state index contributed by atoms with van der Waals surface area (Å²) >= 11 is 9.42. The van der Waals surface area contributed by atoms with Gasteiger partial charge < -0.3 is 32.7 Å². The number of thiazole rings is 1. The minimum atomic E-state index is -0.0243. The number of aromatic nitrogens is 4. The number of rotatable bonds is 6. The zero-order valence-electron chi connectivity index (χ0n) is 42.1. The van der Waals surface area contributed by atoms with Crippen LogP contribution in [0, 0.1) is 12.3 Å². The van der Waals surface area contributed by atoms with Crippen molar-refractivity contribution < 1.29 is 14.4 Å². The molecule has 0 aliphatic carbocycles. The van der Waals surface area contributed by atoms with E-state index in [1.807, 2.05) is 127 Å². The number of nitrogens with one attached hydrogen (secondary N) is 2. The molecule has 13 rings (SSSR count).